The lowest BCUT2D eigenvalue weighted by molar-refractivity contribution is -0.166. The molecule has 4 bridgehead atoms. The summed E-state index contributed by atoms with van der Waals surface area (Å²) < 4.78 is 5.84. The van der Waals surface area contributed by atoms with E-state index in [2.05, 4.69) is 4.98 Å². The lowest BCUT2D eigenvalue weighted by atomic mass is 9.49. The minimum Gasteiger partial charge on any atom is -0.470 e. The first kappa shape index (κ1) is 15.0. The molecule has 5 heteroatoms. The Bertz CT molecular complexity index is 636. The van der Waals surface area contributed by atoms with Gasteiger partial charge in [0.25, 0.3) is 0 Å². The molecule has 0 radical (unpaired) electrons. The Hall–Kier alpha value is -1.29. The Balaban J connectivity index is 1.23. The monoisotopic (exact) mass is 346 g/mol. The third-order valence-corrected chi connectivity index (χ3v) is 6.92. The number of hydrogen-bond donors (Lipinski definition) is 0. The van der Waals surface area contributed by atoms with Crippen molar-refractivity contribution in [2.45, 2.75) is 44.6 Å². The number of pyridine rings is 1. The number of ether oxygens (including phenoxy) is 1. The van der Waals surface area contributed by atoms with Gasteiger partial charge in [-0.05, 0) is 68.4 Å². The fourth-order valence-electron chi connectivity index (χ4n) is 6.00. The molecule has 1 aromatic heterocycles. The van der Waals surface area contributed by atoms with Crippen LogP contribution in [0.5, 0.6) is 5.88 Å². The summed E-state index contributed by atoms with van der Waals surface area (Å²) in [4.78, 5) is 19.3. The summed E-state index contributed by atoms with van der Waals surface area (Å²) in [5, 5.41) is 0.531. The molecule has 1 amide bonds. The van der Waals surface area contributed by atoms with E-state index >= 15 is 0 Å². The molecule has 4 saturated carbocycles. The van der Waals surface area contributed by atoms with Gasteiger partial charge in [-0.25, -0.2) is 4.98 Å². The molecule has 128 valence electrons. The lowest BCUT2D eigenvalue weighted by Gasteiger charge is -2.57. The molecule has 2 heterocycles. The second-order valence-electron chi connectivity index (χ2n) is 8.44. The van der Waals surface area contributed by atoms with Gasteiger partial charge in [-0.15, -0.1) is 0 Å². The van der Waals surface area contributed by atoms with Crippen molar-refractivity contribution in [1.29, 1.82) is 0 Å². The summed E-state index contributed by atoms with van der Waals surface area (Å²) in [6.45, 7) is 1.35. The Morgan fingerprint density at radius 3 is 2.38 bits per heavy atom. The Morgan fingerprint density at radius 1 is 1.17 bits per heavy atom. The van der Waals surface area contributed by atoms with Gasteiger partial charge in [0.15, 0.2) is 0 Å². The average molecular weight is 347 g/mol. The molecular weight excluding hydrogens is 324 g/mol. The van der Waals surface area contributed by atoms with Crippen molar-refractivity contribution < 1.29 is 9.53 Å². The van der Waals surface area contributed by atoms with Crippen LogP contribution < -0.4 is 4.74 Å². The van der Waals surface area contributed by atoms with Crippen LogP contribution in [0.1, 0.15) is 38.5 Å². The van der Waals surface area contributed by atoms with E-state index in [4.69, 9.17) is 16.3 Å². The summed E-state index contributed by atoms with van der Waals surface area (Å²) in [6.07, 6.45) is 9.21. The highest BCUT2D eigenvalue weighted by molar-refractivity contribution is 6.31. The van der Waals surface area contributed by atoms with E-state index in [1.54, 1.807) is 18.3 Å². The highest BCUT2D eigenvalue weighted by Gasteiger charge is 2.56. The summed E-state index contributed by atoms with van der Waals surface area (Å²) in [5.74, 6) is 3.29. The number of aromatic nitrogens is 1. The van der Waals surface area contributed by atoms with Gasteiger partial charge >= 0.3 is 0 Å². The Morgan fingerprint density at radius 2 is 1.79 bits per heavy atom. The molecule has 1 aromatic rings. The molecule has 5 fully saturated rings. The molecule has 1 saturated heterocycles. The zero-order valence-corrected chi connectivity index (χ0v) is 14.5. The molecule has 4 aliphatic carbocycles. The van der Waals surface area contributed by atoms with Crippen LogP contribution in [0.15, 0.2) is 18.3 Å². The highest BCUT2D eigenvalue weighted by Crippen LogP contribution is 2.60. The van der Waals surface area contributed by atoms with Crippen LogP contribution in [0.3, 0.4) is 0 Å². The van der Waals surface area contributed by atoms with Crippen LogP contribution >= 0.6 is 11.6 Å². The second-order valence-corrected chi connectivity index (χ2v) is 8.85. The Kier molecular flexibility index (Phi) is 3.35. The summed E-state index contributed by atoms with van der Waals surface area (Å²) >= 11 is 6.09. The lowest BCUT2D eigenvalue weighted by Crippen LogP contribution is -2.62. The molecule has 6 rings (SSSR count). The van der Waals surface area contributed by atoms with E-state index in [1.807, 2.05) is 4.90 Å². The molecule has 1 aliphatic heterocycles. The molecular formula is C19H23ClN2O2. The van der Waals surface area contributed by atoms with E-state index in [9.17, 15) is 4.79 Å². The number of hydrogen-bond acceptors (Lipinski definition) is 3. The molecule has 0 aromatic carbocycles. The third-order valence-electron chi connectivity index (χ3n) is 6.63. The summed E-state index contributed by atoms with van der Waals surface area (Å²) in [6, 6.07) is 3.57. The molecule has 0 N–H and O–H groups in total. The minimum absolute atomic E-state index is 0.0234. The first-order valence-corrected chi connectivity index (χ1v) is 9.56. The van der Waals surface area contributed by atoms with E-state index in [0.29, 0.717) is 29.9 Å². The first-order chi connectivity index (χ1) is 11.6. The predicted octanol–water partition coefficient (Wildman–Crippen LogP) is 3.54. The van der Waals surface area contributed by atoms with Gasteiger partial charge in [-0.1, -0.05) is 11.6 Å². The number of rotatable bonds is 3. The van der Waals surface area contributed by atoms with Crippen LogP contribution in [0.2, 0.25) is 5.02 Å². The normalized spacial score (nSPS) is 37.4. The number of halogens is 1. The molecule has 0 unspecified atom stereocenters. The van der Waals surface area contributed by atoms with Crippen LogP contribution in [-0.4, -0.2) is 35.0 Å². The maximum absolute atomic E-state index is 13.2. The van der Waals surface area contributed by atoms with Crippen LogP contribution in [0.25, 0.3) is 0 Å². The van der Waals surface area contributed by atoms with Crippen LogP contribution in [-0.2, 0) is 4.79 Å². The number of amides is 1. The standard InChI is InChI=1S/C19H23ClN2O2/c20-16-2-1-3-21-17(16)24-15-10-22(11-15)18(23)19-7-12-4-13(8-19)6-14(5-12)9-19/h1-3,12-15H,4-11H2. The zero-order valence-electron chi connectivity index (χ0n) is 13.8. The van der Waals surface area contributed by atoms with Gasteiger partial charge in [-0.3, -0.25) is 4.79 Å². The highest BCUT2D eigenvalue weighted by atomic mass is 35.5. The maximum Gasteiger partial charge on any atom is 0.232 e. The van der Waals surface area contributed by atoms with Gasteiger partial charge in [-0.2, -0.15) is 0 Å². The second kappa shape index (κ2) is 5.35. The largest absolute Gasteiger partial charge is 0.470 e. The third kappa shape index (κ3) is 2.33. The minimum atomic E-state index is -0.0393. The van der Waals surface area contributed by atoms with Crippen LogP contribution in [0.4, 0.5) is 0 Å². The van der Waals surface area contributed by atoms with E-state index < -0.39 is 0 Å². The predicted molar refractivity (Wildman–Crippen MR) is 90.8 cm³/mol. The molecule has 24 heavy (non-hydrogen) atoms. The molecule has 5 aliphatic rings. The zero-order chi connectivity index (χ0) is 16.3. The Labute approximate surface area is 147 Å². The van der Waals surface area contributed by atoms with Gasteiger partial charge < -0.3 is 9.64 Å². The van der Waals surface area contributed by atoms with Gasteiger partial charge in [0.05, 0.1) is 18.5 Å². The quantitative estimate of drug-likeness (QED) is 0.840. The fraction of sp³-hybridized carbons (Fsp3) is 0.684. The van der Waals surface area contributed by atoms with Crippen molar-refractivity contribution in [2.24, 2.45) is 23.2 Å². The number of likely N-dealkylation sites (tertiary alicyclic amines) is 1. The topological polar surface area (TPSA) is 42.4 Å². The van der Waals surface area contributed by atoms with Crippen LogP contribution in [0, 0.1) is 23.2 Å². The summed E-state index contributed by atoms with van der Waals surface area (Å²) in [5.41, 5.74) is -0.0393. The van der Waals surface area contributed by atoms with Crippen molar-refractivity contribution in [3.05, 3.63) is 23.4 Å². The maximum atomic E-state index is 13.2. The van der Waals surface area contributed by atoms with Crippen molar-refractivity contribution >= 4 is 17.5 Å². The van der Waals surface area contributed by atoms with Gasteiger partial charge in [0, 0.05) is 6.20 Å². The smallest absolute Gasteiger partial charge is 0.232 e. The average Bonchev–Trinajstić information content (AvgIpc) is 2.50. The van der Waals surface area contributed by atoms with E-state index in [1.165, 1.54) is 19.3 Å². The molecule has 0 spiro atoms. The molecule has 4 nitrogen and oxygen atoms in total. The SMILES string of the molecule is O=C(N1CC(Oc2ncccc2Cl)C1)C12CC3CC(CC(C3)C1)C2. The van der Waals surface area contributed by atoms with Gasteiger partial charge in [0.1, 0.15) is 11.1 Å². The van der Waals surface area contributed by atoms with Crippen molar-refractivity contribution in [1.82, 2.24) is 9.88 Å². The number of carbonyl (C=O) groups is 1. The van der Waals surface area contributed by atoms with E-state index in [-0.39, 0.29) is 11.5 Å². The fourth-order valence-corrected chi connectivity index (χ4v) is 6.17. The first-order valence-electron chi connectivity index (χ1n) is 9.18. The number of carbonyl (C=O) groups excluding carboxylic acids is 1. The van der Waals surface area contributed by atoms with Crippen molar-refractivity contribution in [3.8, 4) is 5.88 Å². The number of nitrogens with zero attached hydrogens (tertiary/aromatic N) is 2. The van der Waals surface area contributed by atoms with Gasteiger partial charge in [0.2, 0.25) is 11.8 Å². The molecule has 0 atom stereocenters. The van der Waals surface area contributed by atoms with E-state index in [0.717, 1.165) is 37.0 Å². The summed E-state index contributed by atoms with van der Waals surface area (Å²) in [7, 11) is 0. The van der Waals surface area contributed by atoms with Crippen molar-refractivity contribution in [3.63, 3.8) is 0 Å². The van der Waals surface area contributed by atoms with Crippen molar-refractivity contribution in [2.75, 3.05) is 13.1 Å².